The molecule has 4 nitrogen and oxygen atoms in total. The molecule has 2 heterocycles. The lowest BCUT2D eigenvalue weighted by molar-refractivity contribution is -0.118. The van der Waals surface area contributed by atoms with Crippen LogP contribution in [0.15, 0.2) is 51.4 Å². The van der Waals surface area contributed by atoms with Gasteiger partial charge in [0.1, 0.15) is 11.6 Å². The zero-order valence-electron chi connectivity index (χ0n) is 17.2. The van der Waals surface area contributed by atoms with Crippen molar-refractivity contribution in [2.75, 3.05) is 4.90 Å². The predicted octanol–water partition coefficient (Wildman–Crippen LogP) is 6.55. The molecule has 8 heteroatoms. The lowest BCUT2D eigenvalue weighted by Gasteiger charge is -2.43. The van der Waals surface area contributed by atoms with E-state index in [1.165, 1.54) is 23.5 Å². The molecule has 1 atom stereocenters. The maximum absolute atomic E-state index is 13.8. The van der Waals surface area contributed by atoms with Crippen LogP contribution >= 0.6 is 38.9 Å². The highest BCUT2D eigenvalue weighted by atomic mass is 79.9. The smallest absolute Gasteiger partial charge is 0.162 e. The summed E-state index contributed by atoms with van der Waals surface area (Å²) >= 11 is 11.1. The summed E-state index contributed by atoms with van der Waals surface area (Å²) < 4.78 is 14.8. The highest BCUT2D eigenvalue weighted by Gasteiger charge is 2.45. The SMILES string of the molecule is Cc1sc(C2C(C#N)=C(N)N(c3ccc(F)c(Cl)c3)C3=C2C(=O)CC(C)(C)C3)cc1Br. The quantitative estimate of drug-likeness (QED) is 0.487. The Morgan fingerprint density at radius 3 is 2.65 bits per heavy atom. The van der Waals surface area contributed by atoms with E-state index in [1.54, 1.807) is 11.0 Å². The lowest BCUT2D eigenvalue weighted by atomic mass is 9.69. The fourth-order valence-electron chi connectivity index (χ4n) is 4.34. The summed E-state index contributed by atoms with van der Waals surface area (Å²) in [6, 6.07) is 8.50. The van der Waals surface area contributed by atoms with Crippen molar-refractivity contribution in [3.8, 4) is 6.07 Å². The van der Waals surface area contributed by atoms with Crippen molar-refractivity contribution in [3.63, 3.8) is 0 Å². The summed E-state index contributed by atoms with van der Waals surface area (Å²) in [5.74, 6) is -0.833. The van der Waals surface area contributed by atoms with Gasteiger partial charge in [0.2, 0.25) is 0 Å². The molecule has 31 heavy (non-hydrogen) atoms. The molecule has 0 saturated carbocycles. The molecule has 0 radical (unpaired) electrons. The van der Waals surface area contributed by atoms with Gasteiger partial charge in [0.05, 0.1) is 22.6 Å². The number of rotatable bonds is 2. The van der Waals surface area contributed by atoms with Crippen LogP contribution in [-0.4, -0.2) is 5.78 Å². The Bertz CT molecular complexity index is 1200. The number of aryl methyl sites for hydroxylation is 1. The Labute approximate surface area is 197 Å². The van der Waals surface area contributed by atoms with E-state index in [4.69, 9.17) is 17.3 Å². The fraction of sp³-hybridized carbons (Fsp3) is 0.304. The first kappa shape index (κ1) is 22.1. The second-order valence-electron chi connectivity index (χ2n) is 8.63. The van der Waals surface area contributed by atoms with Gasteiger partial charge in [0.25, 0.3) is 0 Å². The van der Waals surface area contributed by atoms with Crippen molar-refractivity contribution < 1.29 is 9.18 Å². The number of anilines is 1. The molecule has 2 N–H and O–H groups in total. The van der Waals surface area contributed by atoms with Crippen LogP contribution < -0.4 is 10.6 Å². The van der Waals surface area contributed by atoms with Crippen molar-refractivity contribution in [1.29, 1.82) is 5.26 Å². The zero-order chi connectivity index (χ0) is 22.7. The summed E-state index contributed by atoms with van der Waals surface area (Å²) in [6.07, 6.45) is 0.967. The number of carbonyl (C=O) groups is 1. The summed E-state index contributed by atoms with van der Waals surface area (Å²) in [7, 11) is 0. The number of carbonyl (C=O) groups excluding carboxylic acids is 1. The molecule has 0 bridgehead atoms. The van der Waals surface area contributed by atoms with E-state index < -0.39 is 11.7 Å². The monoisotopic (exact) mass is 519 g/mol. The van der Waals surface area contributed by atoms with E-state index >= 15 is 0 Å². The number of nitriles is 1. The van der Waals surface area contributed by atoms with Crippen LogP contribution in [0, 0.1) is 29.5 Å². The Kier molecular flexibility index (Phi) is 5.53. The number of thiophene rings is 1. The maximum atomic E-state index is 13.8. The molecule has 0 spiro atoms. The van der Waals surface area contributed by atoms with Crippen molar-refractivity contribution >= 4 is 50.3 Å². The molecule has 4 rings (SSSR count). The van der Waals surface area contributed by atoms with Gasteiger partial charge in [-0.1, -0.05) is 25.4 Å². The van der Waals surface area contributed by atoms with Crippen molar-refractivity contribution in [2.24, 2.45) is 11.1 Å². The number of allylic oxidation sites excluding steroid dienone is 3. The first-order valence-electron chi connectivity index (χ1n) is 9.71. The minimum absolute atomic E-state index is 0.00289. The van der Waals surface area contributed by atoms with Crippen LogP contribution in [0.2, 0.25) is 5.02 Å². The first-order valence-corrected chi connectivity index (χ1v) is 11.7. The molecule has 0 amide bonds. The second-order valence-corrected chi connectivity index (χ2v) is 11.2. The van der Waals surface area contributed by atoms with Crippen LogP contribution in [0.25, 0.3) is 0 Å². The molecule has 1 aliphatic carbocycles. The number of hydrogen-bond acceptors (Lipinski definition) is 5. The van der Waals surface area contributed by atoms with Crippen LogP contribution in [0.1, 0.15) is 42.4 Å². The minimum atomic E-state index is -0.545. The third-order valence-electron chi connectivity index (χ3n) is 5.70. The lowest BCUT2D eigenvalue weighted by Crippen LogP contribution is -2.42. The van der Waals surface area contributed by atoms with Gasteiger partial charge < -0.3 is 5.73 Å². The molecular formula is C23H20BrClFN3OS. The zero-order valence-corrected chi connectivity index (χ0v) is 20.4. The number of nitrogens with two attached hydrogens (primary N) is 1. The standard InChI is InChI=1S/C23H20BrClFN3OS/c1-11-14(24)7-19(31-11)20-13(10-27)22(28)29(12-4-5-16(26)15(25)6-12)17-8-23(2,3)9-18(30)21(17)20/h4-7,20H,8-9,28H2,1-3H3. The van der Waals surface area contributed by atoms with Crippen LogP contribution in [0.4, 0.5) is 10.1 Å². The average Bonchev–Trinajstić information content (AvgIpc) is 3.00. The minimum Gasteiger partial charge on any atom is -0.384 e. The molecule has 160 valence electrons. The Balaban J connectivity index is 2.01. The van der Waals surface area contributed by atoms with Crippen LogP contribution in [-0.2, 0) is 4.79 Å². The van der Waals surface area contributed by atoms with Gasteiger partial charge in [-0.05, 0) is 59.0 Å². The molecular weight excluding hydrogens is 501 g/mol. The summed E-state index contributed by atoms with van der Waals surface area (Å²) in [5.41, 5.74) is 8.44. The summed E-state index contributed by atoms with van der Waals surface area (Å²) in [6.45, 7) is 6.05. The van der Waals surface area contributed by atoms with Gasteiger partial charge in [-0.3, -0.25) is 9.69 Å². The highest BCUT2D eigenvalue weighted by molar-refractivity contribution is 9.10. The predicted molar refractivity (Wildman–Crippen MR) is 125 cm³/mol. The number of ketones is 1. The first-order chi connectivity index (χ1) is 14.5. The Morgan fingerprint density at radius 1 is 1.35 bits per heavy atom. The molecule has 0 fully saturated rings. The molecule has 1 aromatic carbocycles. The van der Waals surface area contributed by atoms with E-state index in [9.17, 15) is 14.4 Å². The van der Waals surface area contributed by atoms with E-state index in [1.807, 2.05) is 26.8 Å². The fourth-order valence-corrected chi connectivity index (χ4v) is 6.19. The topological polar surface area (TPSA) is 70.1 Å². The van der Waals surface area contributed by atoms with E-state index in [-0.39, 0.29) is 22.0 Å². The van der Waals surface area contributed by atoms with Gasteiger partial charge in [-0.2, -0.15) is 5.26 Å². The van der Waals surface area contributed by atoms with Gasteiger partial charge in [-0.25, -0.2) is 4.39 Å². The number of hydrogen-bond donors (Lipinski definition) is 1. The van der Waals surface area contributed by atoms with E-state index in [0.717, 1.165) is 19.9 Å². The van der Waals surface area contributed by atoms with Gasteiger partial charge >= 0.3 is 0 Å². The summed E-state index contributed by atoms with van der Waals surface area (Å²) in [5, 5.41) is 10.0. The number of nitrogens with zero attached hydrogens (tertiary/aromatic N) is 2. The van der Waals surface area contributed by atoms with Crippen LogP contribution in [0.5, 0.6) is 0 Å². The normalized spacial score (nSPS) is 20.7. The number of Topliss-reactive ketones (excluding diaryl/α,β-unsaturated/α-hetero) is 1. The maximum Gasteiger partial charge on any atom is 0.162 e. The molecule has 1 aromatic heterocycles. The number of halogens is 3. The molecule has 1 unspecified atom stereocenters. The molecule has 0 saturated heterocycles. The van der Waals surface area contributed by atoms with Gasteiger partial charge in [0.15, 0.2) is 5.78 Å². The van der Waals surface area contributed by atoms with E-state index in [2.05, 4.69) is 22.0 Å². The number of benzene rings is 1. The highest BCUT2D eigenvalue weighted by Crippen LogP contribution is 2.51. The van der Waals surface area contributed by atoms with E-state index in [0.29, 0.717) is 29.7 Å². The van der Waals surface area contributed by atoms with Crippen molar-refractivity contribution in [1.82, 2.24) is 0 Å². The van der Waals surface area contributed by atoms with Crippen molar-refractivity contribution in [2.45, 2.75) is 39.5 Å². The van der Waals surface area contributed by atoms with Crippen molar-refractivity contribution in [3.05, 3.63) is 72.0 Å². The molecule has 2 aromatic rings. The van der Waals surface area contributed by atoms with Crippen LogP contribution in [0.3, 0.4) is 0 Å². The molecule has 1 aliphatic heterocycles. The molecule has 2 aliphatic rings. The Morgan fingerprint density at radius 2 is 2.06 bits per heavy atom. The van der Waals surface area contributed by atoms with Gasteiger partial charge in [0, 0.05) is 37.6 Å². The average molecular weight is 521 g/mol. The third kappa shape index (κ3) is 3.71. The summed E-state index contributed by atoms with van der Waals surface area (Å²) in [4.78, 5) is 17.1. The Hall–Kier alpha value is -2.14. The van der Waals surface area contributed by atoms with Gasteiger partial charge in [-0.15, -0.1) is 11.3 Å². The largest absolute Gasteiger partial charge is 0.384 e. The second kappa shape index (κ2) is 7.77. The third-order valence-corrected chi connectivity index (χ3v) is 8.19.